The summed E-state index contributed by atoms with van der Waals surface area (Å²) in [6.07, 6.45) is 0.981. The number of nitrogens with zero attached hydrogens (tertiary/aromatic N) is 5. The topological polar surface area (TPSA) is 61.8 Å². The molecule has 0 N–H and O–H groups in total. The van der Waals surface area contributed by atoms with Crippen molar-refractivity contribution in [3.05, 3.63) is 41.2 Å². The van der Waals surface area contributed by atoms with E-state index >= 15 is 0 Å². The van der Waals surface area contributed by atoms with E-state index in [1.54, 1.807) is 7.05 Å². The number of carbonyl (C=O) groups excluding carboxylic acids is 2. The molecule has 26 heavy (non-hydrogen) atoms. The number of carbonyl (C=O) groups is 2. The van der Waals surface area contributed by atoms with E-state index in [9.17, 15) is 9.59 Å². The Kier molecular flexibility index (Phi) is 3.50. The predicted molar refractivity (Wildman–Crippen MR) is 96.9 cm³/mol. The molecule has 1 unspecified atom stereocenters. The number of aryl methyl sites for hydroxylation is 1. The standard InChI is InChI=1S/C19H22N5O2/c1-6-13-7-9-14(10-8-13)23-11(2)12(3)24-15-16(20-18(23)24)21(4)19(26)22(5)17(15)25/h7-10,15H,6H2,1-5H3/q+1. The van der Waals surface area contributed by atoms with Crippen molar-refractivity contribution in [1.82, 2.24) is 14.4 Å². The molecule has 3 amide bonds. The first kappa shape index (κ1) is 16.5. The lowest BCUT2D eigenvalue weighted by atomic mass is 10.1. The fourth-order valence-electron chi connectivity index (χ4n) is 3.71. The van der Waals surface area contributed by atoms with Crippen LogP contribution in [0.4, 0.5) is 10.7 Å². The molecule has 1 saturated heterocycles. The fraction of sp³-hybridized carbons (Fsp3) is 0.368. The highest BCUT2D eigenvalue weighted by Gasteiger charge is 2.53. The first-order chi connectivity index (χ1) is 12.4. The van der Waals surface area contributed by atoms with Crippen LogP contribution < -0.4 is 4.57 Å². The number of fused-ring (bicyclic) bond motifs is 3. The van der Waals surface area contributed by atoms with Crippen LogP contribution in [0.2, 0.25) is 0 Å². The Morgan fingerprint density at radius 3 is 2.35 bits per heavy atom. The van der Waals surface area contributed by atoms with E-state index in [0.717, 1.165) is 28.4 Å². The lowest BCUT2D eigenvalue weighted by molar-refractivity contribution is -0.682. The van der Waals surface area contributed by atoms with Crippen LogP contribution in [0.15, 0.2) is 29.3 Å². The van der Waals surface area contributed by atoms with Gasteiger partial charge in [0.05, 0.1) is 0 Å². The summed E-state index contributed by atoms with van der Waals surface area (Å²) in [5.41, 5.74) is 4.26. The van der Waals surface area contributed by atoms with Gasteiger partial charge in [-0.1, -0.05) is 24.0 Å². The first-order valence-electron chi connectivity index (χ1n) is 8.73. The summed E-state index contributed by atoms with van der Waals surface area (Å²) in [6.45, 7) is 6.13. The number of hydrogen-bond donors (Lipinski definition) is 0. The lowest BCUT2D eigenvalue weighted by Crippen LogP contribution is -2.62. The minimum absolute atomic E-state index is 0.253. The smallest absolute Gasteiger partial charge is 0.270 e. The molecule has 3 heterocycles. The second kappa shape index (κ2) is 5.52. The van der Waals surface area contributed by atoms with E-state index in [2.05, 4.69) is 31.2 Å². The second-order valence-electron chi connectivity index (χ2n) is 6.81. The van der Waals surface area contributed by atoms with Crippen molar-refractivity contribution in [2.45, 2.75) is 33.2 Å². The number of amidine groups is 1. The molecule has 1 fully saturated rings. The van der Waals surface area contributed by atoms with Gasteiger partial charge < -0.3 is 0 Å². The predicted octanol–water partition coefficient (Wildman–Crippen LogP) is 2.05. The molecule has 0 spiro atoms. The number of imide groups is 1. The first-order valence-corrected chi connectivity index (χ1v) is 8.73. The van der Waals surface area contributed by atoms with Gasteiger partial charge in [-0.3, -0.25) is 14.6 Å². The Balaban J connectivity index is 1.92. The molecular weight excluding hydrogens is 330 g/mol. The molecule has 134 valence electrons. The van der Waals surface area contributed by atoms with Crippen molar-refractivity contribution in [2.24, 2.45) is 4.99 Å². The Hall–Kier alpha value is -2.96. The molecule has 0 saturated carbocycles. The normalized spacial score (nSPS) is 19.0. The summed E-state index contributed by atoms with van der Waals surface area (Å²) < 4.78 is 3.98. The van der Waals surface area contributed by atoms with Gasteiger partial charge in [-0.2, -0.15) is 4.57 Å². The Morgan fingerprint density at radius 1 is 1.08 bits per heavy atom. The largest absolute Gasteiger partial charge is 0.407 e. The van der Waals surface area contributed by atoms with E-state index < -0.39 is 6.04 Å². The van der Waals surface area contributed by atoms with Crippen LogP contribution >= 0.6 is 0 Å². The summed E-state index contributed by atoms with van der Waals surface area (Å²) >= 11 is 0. The number of aromatic nitrogens is 2. The molecule has 7 heteroatoms. The number of likely N-dealkylation sites (N-methyl/N-ethyl adjacent to an activating group) is 2. The Morgan fingerprint density at radius 2 is 1.73 bits per heavy atom. The van der Waals surface area contributed by atoms with Gasteiger partial charge in [0.25, 0.3) is 5.91 Å². The number of urea groups is 1. The zero-order valence-electron chi connectivity index (χ0n) is 15.6. The number of amides is 3. The van der Waals surface area contributed by atoms with Crippen molar-refractivity contribution in [2.75, 3.05) is 14.1 Å². The number of benzene rings is 1. The fourth-order valence-corrected chi connectivity index (χ4v) is 3.71. The van der Waals surface area contributed by atoms with Crippen molar-refractivity contribution in [3.8, 4) is 5.69 Å². The van der Waals surface area contributed by atoms with Crippen molar-refractivity contribution >= 4 is 23.7 Å². The minimum atomic E-state index is -0.590. The van der Waals surface area contributed by atoms with Gasteiger partial charge in [-0.15, -0.1) is 0 Å². The van der Waals surface area contributed by atoms with E-state index in [1.807, 2.05) is 23.0 Å². The zero-order chi connectivity index (χ0) is 18.7. The molecule has 2 aromatic rings. The highest BCUT2D eigenvalue weighted by molar-refractivity contribution is 6.18. The van der Waals surface area contributed by atoms with Gasteiger partial charge in [0.2, 0.25) is 11.9 Å². The van der Waals surface area contributed by atoms with E-state index in [-0.39, 0.29) is 11.9 Å². The van der Waals surface area contributed by atoms with E-state index in [1.165, 1.54) is 17.5 Å². The van der Waals surface area contributed by atoms with Crippen molar-refractivity contribution in [1.29, 1.82) is 0 Å². The van der Waals surface area contributed by atoms with Crippen LogP contribution in [0.3, 0.4) is 0 Å². The average molecular weight is 352 g/mol. The van der Waals surface area contributed by atoms with Gasteiger partial charge in [-0.25, -0.2) is 9.36 Å². The minimum Gasteiger partial charge on any atom is -0.270 e. The number of rotatable bonds is 2. The molecule has 1 aromatic heterocycles. The maximum absolute atomic E-state index is 12.8. The van der Waals surface area contributed by atoms with Crippen LogP contribution in [0.5, 0.6) is 0 Å². The van der Waals surface area contributed by atoms with Crippen LogP contribution in [-0.2, 0) is 11.2 Å². The molecule has 4 rings (SSSR count). The third kappa shape index (κ3) is 2.00. The molecule has 1 atom stereocenters. The Bertz CT molecular complexity index is 971. The highest BCUT2D eigenvalue weighted by atomic mass is 16.2. The second-order valence-corrected chi connectivity index (χ2v) is 6.81. The van der Waals surface area contributed by atoms with Crippen LogP contribution in [0.25, 0.3) is 5.69 Å². The molecule has 0 radical (unpaired) electrons. The molecule has 2 aliphatic rings. The van der Waals surface area contributed by atoms with Crippen LogP contribution in [0, 0.1) is 13.8 Å². The maximum atomic E-state index is 12.8. The average Bonchev–Trinajstić information content (AvgIpc) is 3.14. The maximum Gasteiger partial charge on any atom is 0.407 e. The summed E-state index contributed by atoms with van der Waals surface area (Å²) in [5, 5.41) is 0. The number of aliphatic imine (C=N–C) groups is 1. The summed E-state index contributed by atoms with van der Waals surface area (Å²) in [7, 11) is 3.17. The summed E-state index contributed by atoms with van der Waals surface area (Å²) in [4.78, 5) is 32.4. The van der Waals surface area contributed by atoms with E-state index in [4.69, 9.17) is 4.99 Å². The van der Waals surface area contributed by atoms with Gasteiger partial charge in [0.15, 0.2) is 0 Å². The van der Waals surface area contributed by atoms with Crippen LogP contribution in [-0.4, -0.2) is 46.2 Å². The molecular formula is C19H22N5O2+. The van der Waals surface area contributed by atoms with Gasteiger partial charge in [0, 0.05) is 14.1 Å². The Labute approximate surface area is 152 Å². The molecule has 0 bridgehead atoms. The van der Waals surface area contributed by atoms with Gasteiger partial charge in [0.1, 0.15) is 17.1 Å². The summed E-state index contributed by atoms with van der Waals surface area (Å²) in [5.74, 6) is 0.903. The summed E-state index contributed by atoms with van der Waals surface area (Å²) in [6, 6.07) is 7.39. The van der Waals surface area contributed by atoms with Gasteiger partial charge in [-0.05, 0) is 38.0 Å². The quantitative estimate of drug-likeness (QED) is 0.777. The van der Waals surface area contributed by atoms with E-state index in [0.29, 0.717) is 11.8 Å². The lowest BCUT2D eigenvalue weighted by Gasteiger charge is -2.30. The number of imidazole rings is 1. The third-order valence-corrected chi connectivity index (χ3v) is 5.44. The number of hydrogen-bond acceptors (Lipinski definition) is 3. The van der Waals surface area contributed by atoms with Crippen molar-refractivity contribution in [3.63, 3.8) is 0 Å². The van der Waals surface area contributed by atoms with Gasteiger partial charge >= 0.3 is 12.0 Å². The molecule has 1 aromatic carbocycles. The molecule has 2 aliphatic heterocycles. The van der Waals surface area contributed by atoms with Crippen LogP contribution in [0.1, 0.15) is 29.9 Å². The SMILES string of the molecule is CCc1ccc(-n2c(C)c(C)[n+]3c2N=C2C3C(=O)N(C)C(=O)N2C)cc1. The zero-order valence-corrected chi connectivity index (χ0v) is 15.6. The highest BCUT2D eigenvalue weighted by Crippen LogP contribution is 2.32. The molecule has 0 aliphatic carbocycles. The third-order valence-electron chi connectivity index (χ3n) is 5.44. The monoisotopic (exact) mass is 352 g/mol. The van der Waals surface area contributed by atoms with Crippen molar-refractivity contribution < 1.29 is 14.2 Å². The molecule has 7 nitrogen and oxygen atoms in total.